The first-order valence-electron chi connectivity index (χ1n) is 4.92. The fourth-order valence-electron chi connectivity index (χ4n) is 1.54. The van der Waals surface area contributed by atoms with Gasteiger partial charge in [0, 0.05) is 31.2 Å². The Balaban J connectivity index is 2.59. The molecule has 0 saturated carbocycles. The lowest BCUT2D eigenvalue weighted by molar-refractivity contribution is 0.0828. The van der Waals surface area contributed by atoms with Crippen LogP contribution in [-0.4, -0.2) is 29.9 Å². The highest BCUT2D eigenvalue weighted by Gasteiger charge is 2.08. The predicted molar refractivity (Wildman–Crippen MR) is 62.6 cm³/mol. The highest BCUT2D eigenvalue weighted by molar-refractivity contribution is 5.97. The van der Waals surface area contributed by atoms with E-state index in [2.05, 4.69) is 4.98 Å². The van der Waals surface area contributed by atoms with E-state index in [1.807, 2.05) is 6.07 Å². The highest BCUT2D eigenvalue weighted by atomic mass is 16.2. The summed E-state index contributed by atoms with van der Waals surface area (Å²) in [6.45, 7) is 0. The molecule has 16 heavy (non-hydrogen) atoms. The summed E-state index contributed by atoms with van der Waals surface area (Å²) in [4.78, 5) is 27.1. The Kier molecular flexibility index (Phi) is 2.48. The zero-order chi connectivity index (χ0) is 11.7. The second-order valence-corrected chi connectivity index (χ2v) is 3.82. The van der Waals surface area contributed by atoms with Crippen LogP contribution in [0.15, 0.2) is 35.1 Å². The van der Waals surface area contributed by atoms with Gasteiger partial charge in [-0.05, 0) is 23.6 Å². The van der Waals surface area contributed by atoms with E-state index in [4.69, 9.17) is 0 Å². The zero-order valence-corrected chi connectivity index (χ0v) is 9.15. The second kappa shape index (κ2) is 3.81. The first kappa shape index (κ1) is 10.4. The normalized spacial score (nSPS) is 10.4. The standard InChI is InChI=1S/C12H12N2O2/c1-14(2)12(16)9-4-3-8-5-6-11(15)13-10(8)7-9/h3-7H,1-2H3,(H,13,15). The number of hydrogen-bond donors (Lipinski definition) is 1. The molecular formula is C12H12N2O2. The van der Waals surface area contributed by atoms with Gasteiger partial charge in [-0.2, -0.15) is 0 Å². The molecule has 0 fully saturated rings. The van der Waals surface area contributed by atoms with E-state index in [9.17, 15) is 9.59 Å². The number of benzene rings is 1. The molecule has 2 aromatic rings. The number of aromatic amines is 1. The van der Waals surface area contributed by atoms with Crippen molar-refractivity contribution in [2.45, 2.75) is 0 Å². The van der Waals surface area contributed by atoms with Crippen molar-refractivity contribution in [3.05, 3.63) is 46.2 Å². The largest absolute Gasteiger partial charge is 0.345 e. The number of aromatic nitrogens is 1. The van der Waals surface area contributed by atoms with E-state index in [1.165, 1.54) is 11.0 Å². The Hall–Kier alpha value is -2.10. The maximum Gasteiger partial charge on any atom is 0.253 e. The van der Waals surface area contributed by atoms with Gasteiger partial charge in [0.25, 0.3) is 5.91 Å². The zero-order valence-electron chi connectivity index (χ0n) is 9.15. The van der Waals surface area contributed by atoms with Gasteiger partial charge < -0.3 is 9.88 Å². The lowest BCUT2D eigenvalue weighted by Gasteiger charge is -2.10. The maximum absolute atomic E-state index is 11.7. The van der Waals surface area contributed by atoms with Crippen molar-refractivity contribution in [2.75, 3.05) is 14.1 Å². The van der Waals surface area contributed by atoms with Crippen LogP contribution in [0.25, 0.3) is 10.9 Å². The summed E-state index contributed by atoms with van der Waals surface area (Å²) in [6, 6.07) is 8.47. The second-order valence-electron chi connectivity index (χ2n) is 3.82. The molecule has 82 valence electrons. The van der Waals surface area contributed by atoms with E-state index in [0.29, 0.717) is 11.1 Å². The SMILES string of the molecule is CN(C)C(=O)c1ccc2ccc(=O)[nH]c2c1. The molecule has 0 saturated heterocycles. The van der Waals surface area contributed by atoms with Gasteiger partial charge in [0.1, 0.15) is 0 Å². The molecule has 2 rings (SSSR count). The molecule has 1 N–H and O–H groups in total. The summed E-state index contributed by atoms with van der Waals surface area (Å²) in [5.41, 5.74) is 1.08. The predicted octanol–water partition coefficient (Wildman–Crippen LogP) is 1.23. The number of nitrogens with one attached hydrogen (secondary N) is 1. The Morgan fingerprint density at radius 1 is 1.19 bits per heavy atom. The fraction of sp³-hybridized carbons (Fsp3) is 0.167. The third-order valence-corrected chi connectivity index (χ3v) is 2.38. The Bertz CT molecular complexity index is 599. The third kappa shape index (κ3) is 1.82. The van der Waals surface area contributed by atoms with Crippen molar-refractivity contribution < 1.29 is 4.79 Å². The van der Waals surface area contributed by atoms with Crippen LogP contribution in [0.1, 0.15) is 10.4 Å². The van der Waals surface area contributed by atoms with Crippen LogP contribution in [0.3, 0.4) is 0 Å². The van der Waals surface area contributed by atoms with Gasteiger partial charge in [0.2, 0.25) is 5.56 Å². The van der Waals surface area contributed by atoms with Crippen molar-refractivity contribution in [3.8, 4) is 0 Å². The molecule has 0 atom stereocenters. The van der Waals surface area contributed by atoms with Crippen LogP contribution in [0.2, 0.25) is 0 Å². The highest BCUT2D eigenvalue weighted by Crippen LogP contribution is 2.12. The average molecular weight is 216 g/mol. The molecule has 1 aromatic heterocycles. The molecule has 0 unspecified atom stereocenters. The molecule has 0 aliphatic rings. The van der Waals surface area contributed by atoms with E-state index >= 15 is 0 Å². The number of nitrogens with zero attached hydrogens (tertiary/aromatic N) is 1. The summed E-state index contributed by atoms with van der Waals surface area (Å²) in [6.07, 6.45) is 0. The van der Waals surface area contributed by atoms with E-state index in [-0.39, 0.29) is 11.5 Å². The van der Waals surface area contributed by atoms with Crippen molar-refractivity contribution in [2.24, 2.45) is 0 Å². The molecule has 0 aliphatic carbocycles. The van der Waals surface area contributed by atoms with Gasteiger partial charge in [-0.25, -0.2) is 0 Å². The van der Waals surface area contributed by atoms with E-state index in [1.54, 1.807) is 32.3 Å². The molecule has 0 aliphatic heterocycles. The average Bonchev–Trinajstić information content (AvgIpc) is 2.26. The van der Waals surface area contributed by atoms with Crippen molar-refractivity contribution in [1.82, 2.24) is 9.88 Å². The van der Waals surface area contributed by atoms with Gasteiger partial charge in [-0.3, -0.25) is 9.59 Å². The monoisotopic (exact) mass is 216 g/mol. The van der Waals surface area contributed by atoms with Gasteiger partial charge in [0.05, 0.1) is 0 Å². The minimum atomic E-state index is -0.165. The lowest BCUT2D eigenvalue weighted by atomic mass is 10.1. The third-order valence-electron chi connectivity index (χ3n) is 2.38. The van der Waals surface area contributed by atoms with E-state index < -0.39 is 0 Å². The summed E-state index contributed by atoms with van der Waals surface area (Å²) < 4.78 is 0. The quantitative estimate of drug-likeness (QED) is 0.779. The van der Waals surface area contributed by atoms with E-state index in [0.717, 1.165) is 5.39 Å². The van der Waals surface area contributed by atoms with Crippen LogP contribution in [-0.2, 0) is 0 Å². The first-order valence-corrected chi connectivity index (χ1v) is 4.92. The molecular weight excluding hydrogens is 204 g/mol. The lowest BCUT2D eigenvalue weighted by Crippen LogP contribution is -2.21. The summed E-state index contributed by atoms with van der Waals surface area (Å²) >= 11 is 0. The molecule has 4 nitrogen and oxygen atoms in total. The smallest absolute Gasteiger partial charge is 0.253 e. The number of hydrogen-bond acceptors (Lipinski definition) is 2. The number of amides is 1. The molecule has 4 heteroatoms. The number of carbonyl (C=O) groups excluding carboxylic acids is 1. The minimum Gasteiger partial charge on any atom is -0.345 e. The van der Waals surface area contributed by atoms with Crippen LogP contribution in [0, 0.1) is 0 Å². The number of pyridine rings is 1. The summed E-state index contributed by atoms with van der Waals surface area (Å²) in [7, 11) is 3.39. The Morgan fingerprint density at radius 2 is 1.88 bits per heavy atom. The molecule has 1 aromatic carbocycles. The number of fused-ring (bicyclic) bond motifs is 1. The first-order chi connectivity index (χ1) is 7.58. The Labute approximate surface area is 92.5 Å². The van der Waals surface area contributed by atoms with Crippen LogP contribution in [0.5, 0.6) is 0 Å². The fourth-order valence-corrected chi connectivity index (χ4v) is 1.54. The molecule has 0 spiro atoms. The molecule has 1 amide bonds. The van der Waals surface area contributed by atoms with Gasteiger partial charge in [-0.1, -0.05) is 6.07 Å². The number of H-pyrrole nitrogens is 1. The molecule has 1 heterocycles. The van der Waals surface area contributed by atoms with Crippen molar-refractivity contribution >= 4 is 16.8 Å². The van der Waals surface area contributed by atoms with Crippen molar-refractivity contribution in [1.29, 1.82) is 0 Å². The number of carbonyl (C=O) groups is 1. The maximum atomic E-state index is 11.7. The van der Waals surface area contributed by atoms with Gasteiger partial charge in [-0.15, -0.1) is 0 Å². The summed E-state index contributed by atoms with van der Waals surface area (Å²) in [5, 5.41) is 0.912. The number of rotatable bonds is 1. The van der Waals surface area contributed by atoms with Gasteiger partial charge >= 0.3 is 0 Å². The minimum absolute atomic E-state index is 0.0772. The van der Waals surface area contributed by atoms with Crippen molar-refractivity contribution in [3.63, 3.8) is 0 Å². The van der Waals surface area contributed by atoms with Gasteiger partial charge in [0.15, 0.2) is 0 Å². The topological polar surface area (TPSA) is 53.2 Å². The summed E-state index contributed by atoms with van der Waals surface area (Å²) in [5.74, 6) is -0.0772. The molecule has 0 bridgehead atoms. The molecule has 0 radical (unpaired) electrons. The van der Waals surface area contributed by atoms with Crippen LogP contribution in [0.4, 0.5) is 0 Å². The van der Waals surface area contributed by atoms with Crippen LogP contribution >= 0.6 is 0 Å². The Morgan fingerprint density at radius 3 is 2.56 bits per heavy atom. The van der Waals surface area contributed by atoms with Crippen LogP contribution < -0.4 is 5.56 Å².